The van der Waals surface area contributed by atoms with Crippen molar-refractivity contribution in [2.45, 2.75) is 6.54 Å². The van der Waals surface area contributed by atoms with Crippen molar-refractivity contribution in [3.63, 3.8) is 0 Å². The summed E-state index contributed by atoms with van der Waals surface area (Å²) in [4.78, 5) is 38.1. The number of H-pyrrole nitrogens is 1. The van der Waals surface area contributed by atoms with Crippen LogP contribution in [0.4, 0.5) is 4.39 Å². The largest absolute Gasteiger partial charge is 0.432 e. The summed E-state index contributed by atoms with van der Waals surface area (Å²) in [5, 5.41) is 9.41. The predicted molar refractivity (Wildman–Crippen MR) is 104 cm³/mol. The van der Waals surface area contributed by atoms with E-state index in [1.165, 1.54) is 37.5 Å². The smallest absolute Gasteiger partial charge is 0.352 e. The maximum absolute atomic E-state index is 13.0. The number of nitrogens with one attached hydrogen (secondary N) is 2. The lowest BCUT2D eigenvalue weighted by Crippen LogP contribution is -2.48. The number of hydrogen-bond donors (Lipinski definition) is 2. The van der Waals surface area contributed by atoms with Crippen molar-refractivity contribution < 1.29 is 18.7 Å². The molecule has 0 unspecified atom stereocenters. The molecule has 0 bridgehead atoms. The van der Waals surface area contributed by atoms with Crippen molar-refractivity contribution in [3.8, 4) is 0 Å². The van der Waals surface area contributed by atoms with Crippen LogP contribution in [0.3, 0.4) is 0 Å². The SMILES string of the molecule is CNC(=O)c1c(=O)n(/N=C\c2ccc(F)cc2)[nH][n+]1CC(=O)c1ccc(Cl)cc1. The van der Waals surface area contributed by atoms with E-state index < -0.39 is 17.3 Å². The number of aromatic nitrogens is 3. The molecule has 3 aromatic rings. The molecule has 0 aliphatic carbocycles. The van der Waals surface area contributed by atoms with E-state index in [4.69, 9.17) is 11.6 Å². The molecule has 0 atom stereocenters. The standard InChI is InChI=1S/C19H15ClFN5O3/c1-22-18(28)17-19(29)26(23-10-12-2-8-15(21)9-3-12)24-25(17)11-16(27)13-4-6-14(20)7-5-13/h2-10H,11H2,1H3,(H-,22,24,28,29)/p+1/b23-10-. The Kier molecular flexibility index (Phi) is 5.99. The number of amides is 1. The Labute approximate surface area is 169 Å². The third kappa shape index (κ3) is 4.64. The Morgan fingerprint density at radius 1 is 1.21 bits per heavy atom. The summed E-state index contributed by atoms with van der Waals surface area (Å²) in [6.45, 7) is -0.293. The second-order valence-corrected chi connectivity index (χ2v) is 6.39. The Balaban J connectivity index is 1.93. The normalized spacial score (nSPS) is 11.0. The summed E-state index contributed by atoms with van der Waals surface area (Å²) in [7, 11) is 1.37. The first-order chi connectivity index (χ1) is 13.9. The van der Waals surface area contributed by atoms with Crippen molar-refractivity contribution in [1.29, 1.82) is 0 Å². The first-order valence-electron chi connectivity index (χ1n) is 8.44. The number of Topliss-reactive ketones (excluding diaryl/α,β-unsaturated/α-hetero) is 1. The van der Waals surface area contributed by atoms with Gasteiger partial charge in [0.25, 0.3) is 0 Å². The molecule has 0 aliphatic heterocycles. The first kappa shape index (κ1) is 20.2. The number of carbonyl (C=O) groups excluding carboxylic acids is 2. The van der Waals surface area contributed by atoms with Crippen LogP contribution in [-0.4, -0.2) is 35.0 Å². The van der Waals surface area contributed by atoms with E-state index in [0.717, 1.165) is 9.47 Å². The number of ketones is 1. The number of hydrogen-bond acceptors (Lipinski definition) is 4. The van der Waals surface area contributed by atoms with Gasteiger partial charge in [-0.2, -0.15) is 0 Å². The van der Waals surface area contributed by atoms with E-state index in [0.29, 0.717) is 16.1 Å². The molecule has 0 radical (unpaired) electrons. The molecule has 1 amide bonds. The molecule has 3 rings (SSSR count). The van der Waals surface area contributed by atoms with Gasteiger partial charge in [-0.25, -0.2) is 9.18 Å². The van der Waals surface area contributed by atoms with Crippen molar-refractivity contribution in [2.24, 2.45) is 5.10 Å². The molecule has 2 N–H and O–H groups in total. The summed E-state index contributed by atoms with van der Waals surface area (Å²) < 4.78 is 14.1. The molecule has 0 aliphatic rings. The van der Waals surface area contributed by atoms with E-state index in [1.54, 1.807) is 24.3 Å². The summed E-state index contributed by atoms with van der Waals surface area (Å²) in [5.41, 5.74) is -0.121. The van der Waals surface area contributed by atoms with Crippen molar-refractivity contribution in [1.82, 2.24) is 15.3 Å². The highest BCUT2D eigenvalue weighted by Gasteiger charge is 2.29. The van der Waals surface area contributed by atoms with Crippen LogP contribution in [0.1, 0.15) is 26.4 Å². The Morgan fingerprint density at radius 3 is 2.48 bits per heavy atom. The fourth-order valence-corrected chi connectivity index (χ4v) is 2.63. The zero-order valence-electron chi connectivity index (χ0n) is 15.2. The van der Waals surface area contributed by atoms with E-state index in [1.807, 2.05) is 0 Å². The van der Waals surface area contributed by atoms with E-state index in [-0.39, 0.29) is 18.0 Å². The molecule has 10 heteroatoms. The maximum atomic E-state index is 13.0. The summed E-state index contributed by atoms with van der Waals surface area (Å²) in [6, 6.07) is 11.7. The molecule has 8 nitrogen and oxygen atoms in total. The van der Waals surface area contributed by atoms with Crippen molar-refractivity contribution in [3.05, 3.63) is 86.5 Å². The highest BCUT2D eigenvalue weighted by Crippen LogP contribution is 2.10. The average molecular weight is 417 g/mol. The number of carbonyl (C=O) groups is 2. The van der Waals surface area contributed by atoms with Crippen LogP contribution < -0.4 is 15.6 Å². The Morgan fingerprint density at radius 2 is 1.86 bits per heavy atom. The highest BCUT2D eigenvalue weighted by atomic mass is 35.5. The quantitative estimate of drug-likeness (QED) is 0.360. The zero-order chi connectivity index (χ0) is 21.0. The van der Waals surface area contributed by atoms with Crippen LogP contribution in [0, 0.1) is 5.82 Å². The van der Waals surface area contributed by atoms with Crippen LogP contribution in [0.25, 0.3) is 0 Å². The predicted octanol–water partition coefficient (Wildman–Crippen LogP) is 1.38. The molecule has 29 heavy (non-hydrogen) atoms. The molecular weight excluding hydrogens is 401 g/mol. The van der Waals surface area contributed by atoms with Gasteiger partial charge in [-0.1, -0.05) is 34.0 Å². The van der Waals surface area contributed by atoms with Crippen LogP contribution in [0.15, 0.2) is 58.4 Å². The van der Waals surface area contributed by atoms with Gasteiger partial charge in [-0.15, -0.1) is 4.68 Å². The van der Waals surface area contributed by atoms with Crippen LogP contribution >= 0.6 is 11.6 Å². The Bertz CT molecular complexity index is 1130. The monoisotopic (exact) mass is 416 g/mol. The van der Waals surface area contributed by atoms with Gasteiger partial charge < -0.3 is 5.32 Å². The van der Waals surface area contributed by atoms with Crippen molar-refractivity contribution >= 4 is 29.5 Å². The average Bonchev–Trinajstić information content (AvgIpc) is 3.02. The third-order valence-corrected chi connectivity index (χ3v) is 4.23. The minimum atomic E-state index is -0.744. The topological polar surface area (TPSA) is 100 Å². The van der Waals surface area contributed by atoms with Crippen LogP contribution in [-0.2, 0) is 6.54 Å². The fraction of sp³-hybridized carbons (Fsp3) is 0.105. The second kappa shape index (κ2) is 8.61. The van der Waals surface area contributed by atoms with Gasteiger partial charge in [0.1, 0.15) is 5.82 Å². The second-order valence-electron chi connectivity index (χ2n) is 5.96. The molecule has 0 fully saturated rings. The lowest BCUT2D eigenvalue weighted by atomic mass is 10.1. The third-order valence-electron chi connectivity index (χ3n) is 3.98. The highest BCUT2D eigenvalue weighted by molar-refractivity contribution is 6.30. The Hall–Kier alpha value is -3.59. The lowest BCUT2D eigenvalue weighted by molar-refractivity contribution is -0.744. The fourth-order valence-electron chi connectivity index (χ4n) is 2.50. The van der Waals surface area contributed by atoms with Gasteiger partial charge in [0.05, 0.1) is 6.21 Å². The molecule has 0 saturated heterocycles. The number of nitrogens with zero attached hydrogens (tertiary/aromatic N) is 3. The van der Waals surface area contributed by atoms with Crippen LogP contribution in [0.5, 0.6) is 0 Å². The van der Waals surface area contributed by atoms with Gasteiger partial charge >= 0.3 is 17.2 Å². The van der Waals surface area contributed by atoms with E-state index in [9.17, 15) is 18.8 Å². The van der Waals surface area contributed by atoms with E-state index in [2.05, 4.69) is 15.6 Å². The molecule has 1 heterocycles. The lowest BCUT2D eigenvalue weighted by Gasteiger charge is -2.00. The molecule has 1 aromatic heterocycles. The number of benzene rings is 2. The molecule has 2 aromatic carbocycles. The van der Waals surface area contributed by atoms with Gasteiger partial charge in [-0.3, -0.25) is 9.59 Å². The minimum absolute atomic E-state index is 0.286. The van der Waals surface area contributed by atoms with Gasteiger partial charge in [0.15, 0.2) is 6.54 Å². The molecule has 0 saturated carbocycles. The zero-order valence-corrected chi connectivity index (χ0v) is 16.0. The first-order valence-corrected chi connectivity index (χ1v) is 8.82. The maximum Gasteiger partial charge on any atom is 0.432 e. The minimum Gasteiger partial charge on any atom is -0.352 e. The number of aromatic amines is 1. The molecular formula is C19H16ClFN5O3+. The summed E-state index contributed by atoms with van der Waals surface area (Å²) in [6.07, 6.45) is 1.32. The summed E-state index contributed by atoms with van der Waals surface area (Å²) >= 11 is 5.82. The van der Waals surface area contributed by atoms with Gasteiger partial charge in [0.2, 0.25) is 5.78 Å². The van der Waals surface area contributed by atoms with E-state index >= 15 is 0 Å². The van der Waals surface area contributed by atoms with Gasteiger partial charge in [0, 0.05) is 22.4 Å². The number of halogens is 2. The van der Waals surface area contributed by atoms with Gasteiger partial charge in [-0.05, 0) is 42.0 Å². The number of rotatable bonds is 6. The molecule has 148 valence electrons. The molecule has 0 spiro atoms. The summed E-state index contributed by atoms with van der Waals surface area (Å²) in [5.74, 6) is -1.42. The van der Waals surface area contributed by atoms with Crippen molar-refractivity contribution in [2.75, 3.05) is 7.05 Å². The van der Waals surface area contributed by atoms with Crippen LogP contribution in [0.2, 0.25) is 5.02 Å².